The second kappa shape index (κ2) is 5.89. The molecule has 1 aromatic heterocycles. The first-order valence-corrected chi connectivity index (χ1v) is 7.64. The smallest absolute Gasteiger partial charge is 0.255 e. The summed E-state index contributed by atoms with van der Waals surface area (Å²) in [6.07, 6.45) is 1.38. The van der Waals surface area contributed by atoms with Crippen LogP contribution in [-0.2, 0) is 5.54 Å². The van der Waals surface area contributed by atoms with Gasteiger partial charge in [0.25, 0.3) is 5.56 Å². The van der Waals surface area contributed by atoms with Crippen molar-refractivity contribution in [2.24, 2.45) is 5.73 Å². The number of fused-ring (bicyclic) bond motifs is 1. The number of aromatic nitrogens is 1. The summed E-state index contributed by atoms with van der Waals surface area (Å²) >= 11 is 0. The average molecular weight is 342 g/mol. The fraction of sp³-hybridized carbons (Fsp3) is 0.158. The van der Waals surface area contributed by atoms with Crippen LogP contribution in [0.5, 0.6) is 0 Å². The summed E-state index contributed by atoms with van der Waals surface area (Å²) in [5.74, 6) is -2.80. The van der Waals surface area contributed by atoms with Gasteiger partial charge >= 0.3 is 0 Å². The largest absolute Gasteiger partial charge is 0.329 e. The van der Waals surface area contributed by atoms with Gasteiger partial charge < -0.3 is 10.7 Å². The molecule has 0 saturated carbocycles. The number of nitrogens with one attached hydrogen (secondary N) is 1. The van der Waals surface area contributed by atoms with Crippen molar-refractivity contribution in [2.45, 2.75) is 19.4 Å². The van der Waals surface area contributed by atoms with E-state index in [-0.39, 0.29) is 22.1 Å². The van der Waals surface area contributed by atoms with Crippen molar-refractivity contribution in [2.75, 3.05) is 0 Å². The van der Waals surface area contributed by atoms with Crippen LogP contribution >= 0.6 is 0 Å². The van der Waals surface area contributed by atoms with E-state index in [9.17, 15) is 18.4 Å². The minimum Gasteiger partial charge on any atom is -0.329 e. The number of halogens is 2. The number of benzene rings is 2. The number of hydrogen-bond acceptors (Lipinski definition) is 3. The zero-order valence-electron chi connectivity index (χ0n) is 13.7. The predicted octanol–water partition coefficient (Wildman–Crippen LogP) is 3.23. The van der Waals surface area contributed by atoms with Gasteiger partial charge in [-0.3, -0.25) is 9.59 Å². The number of ketones is 1. The maximum Gasteiger partial charge on any atom is 0.255 e. The molecule has 0 spiro atoms. The van der Waals surface area contributed by atoms with E-state index in [1.165, 1.54) is 36.5 Å². The fourth-order valence-electron chi connectivity index (χ4n) is 2.81. The molecular formula is C19H16F2N2O2. The van der Waals surface area contributed by atoms with Gasteiger partial charge in [-0.1, -0.05) is 18.2 Å². The Morgan fingerprint density at radius 1 is 1.08 bits per heavy atom. The number of rotatable bonds is 3. The zero-order valence-corrected chi connectivity index (χ0v) is 13.7. The SMILES string of the molecule is CC(C)(N)c1ccc(F)c(C(=O)c2cccc3c(=O)[nH]ccc23)c1F. The molecule has 0 saturated heterocycles. The number of pyridine rings is 1. The Bertz CT molecular complexity index is 1050. The van der Waals surface area contributed by atoms with Gasteiger partial charge in [0.1, 0.15) is 11.6 Å². The Balaban J connectivity index is 2.28. The lowest BCUT2D eigenvalue weighted by Gasteiger charge is -2.21. The molecule has 128 valence electrons. The summed E-state index contributed by atoms with van der Waals surface area (Å²) in [4.78, 5) is 27.2. The van der Waals surface area contributed by atoms with Crippen molar-refractivity contribution in [3.05, 3.63) is 81.3 Å². The van der Waals surface area contributed by atoms with Gasteiger partial charge in [0.15, 0.2) is 5.78 Å². The van der Waals surface area contributed by atoms with E-state index in [0.29, 0.717) is 5.39 Å². The van der Waals surface area contributed by atoms with E-state index in [1.807, 2.05) is 0 Å². The number of H-pyrrole nitrogens is 1. The van der Waals surface area contributed by atoms with Crippen molar-refractivity contribution in [3.8, 4) is 0 Å². The number of aromatic amines is 1. The predicted molar refractivity (Wildman–Crippen MR) is 91.6 cm³/mol. The molecule has 0 fully saturated rings. The molecule has 4 nitrogen and oxygen atoms in total. The molecule has 0 amide bonds. The lowest BCUT2D eigenvalue weighted by molar-refractivity contribution is 0.103. The number of carbonyl (C=O) groups excluding carboxylic acids is 1. The van der Waals surface area contributed by atoms with E-state index >= 15 is 0 Å². The highest BCUT2D eigenvalue weighted by Gasteiger charge is 2.27. The van der Waals surface area contributed by atoms with Crippen LogP contribution in [0.4, 0.5) is 8.78 Å². The Morgan fingerprint density at radius 3 is 2.48 bits per heavy atom. The Hall–Kier alpha value is -2.86. The highest BCUT2D eigenvalue weighted by atomic mass is 19.1. The number of carbonyl (C=O) groups is 1. The molecule has 6 heteroatoms. The van der Waals surface area contributed by atoms with Gasteiger partial charge in [0.2, 0.25) is 0 Å². The molecule has 0 radical (unpaired) electrons. The molecule has 1 heterocycles. The summed E-state index contributed by atoms with van der Waals surface area (Å²) in [6.45, 7) is 3.13. The van der Waals surface area contributed by atoms with Crippen LogP contribution in [-0.4, -0.2) is 10.8 Å². The van der Waals surface area contributed by atoms with Crippen molar-refractivity contribution in [1.82, 2.24) is 4.98 Å². The second-order valence-corrected chi connectivity index (χ2v) is 6.41. The molecule has 0 atom stereocenters. The van der Waals surface area contributed by atoms with Crippen molar-refractivity contribution in [3.63, 3.8) is 0 Å². The van der Waals surface area contributed by atoms with E-state index in [0.717, 1.165) is 6.07 Å². The van der Waals surface area contributed by atoms with Crippen LogP contribution in [0.15, 0.2) is 47.4 Å². The summed E-state index contributed by atoms with van der Waals surface area (Å²) < 4.78 is 29.1. The van der Waals surface area contributed by atoms with Crippen LogP contribution < -0.4 is 11.3 Å². The van der Waals surface area contributed by atoms with E-state index in [1.54, 1.807) is 13.8 Å². The third-order valence-corrected chi connectivity index (χ3v) is 4.07. The Kier molecular flexibility index (Phi) is 4.00. The number of nitrogens with two attached hydrogens (primary N) is 1. The van der Waals surface area contributed by atoms with Crippen LogP contribution in [0.3, 0.4) is 0 Å². The number of hydrogen-bond donors (Lipinski definition) is 2. The van der Waals surface area contributed by atoms with E-state index < -0.39 is 28.5 Å². The molecule has 25 heavy (non-hydrogen) atoms. The third kappa shape index (κ3) is 2.85. The highest BCUT2D eigenvalue weighted by Crippen LogP contribution is 2.28. The quantitative estimate of drug-likeness (QED) is 0.718. The molecule has 3 aromatic rings. The van der Waals surface area contributed by atoms with Gasteiger partial charge in [0.05, 0.1) is 5.56 Å². The van der Waals surface area contributed by atoms with Crippen molar-refractivity contribution < 1.29 is 13.6 Å². The summed E-state index contributed by atoms with van der Waals surface area (Å²) in [6, 6.07) is 8.25. The van der Waals surface area contributed by atoms with Gasteiger partial charge in [-0.15, -0.1) is 0 Å². The molecule has 0 aliphatic heterocycles. The van der Waals surface area contributed by atoms with Crippen LogP contribution in [0.2, 0.25) is 0 Å². The summed E-state index contributed by atoms with van der Waals surface area (Å²) in [7, 11) is 0. The van der Waals surface area contributed by atoms with Gasteiger partial charge in [0, 0.05) is 28.2 Å². The fourth-order valence-corrected chi connectivity index (χ4v) is 2.81. The summed E-state index contributed by atoms with van der Waals surface area (Å²) in [5, 5.41) is 0.594. The minimum atomic E-state index is -1.08. The topological polar surface area (TPSA) is 76.0 Å². The first-order chi connectivity index (χ1) is 11.7. The lowest BCUT2D eigenvalue weighted by atomic mass is 9.90. The highest BCUT2D eigenvalue weighted by molar-refractivity contribution is 6.16. The van der Waals surface area contributed by atoms with Crippen LogP contribution in [0.25, 0.3) is 10.8 Å². The maximum atomic E-state index is 14.8. The van der Waals surface area contributed by atoms with Crippen molar-refractivity contribution >= 4 is 16.6 Å². The molecule has 2 aromatic carbocycles. The van der Waals surface area contributed by atoms with Crippen LogP contribution in [0, 0.1) is 11.6 Å². The Labute approximate surface area is 142 Å². The van der Waals surface area contributed by atoms with Crippen LogP contribution in [0.1, 0.15) is 35.3 Å². The van der Waals surface area contributed by atoms with E-state index in [4.69, 9.17) is 5.73 Å². The van der Waals surface area contributed by atoms with Gasteiger partial charge in [-0.05, 0) is 37.4 Å². The van der Waals surface area contributed by atoms with Crippen molar-refractivity contribution in [1.29, 1.82) is 0 Å². The molecule has 0 bridgehead atoms. The molecular weight excluding hydrogens is 326 g/mol. The first-order valence-electron chi connectivity index (χ1n) is 7.64. The monoisotopic (exact) mass is 342 g/mol. The standard InChI is InChI=1S/C19H16F2N2O2/c1-19(2,22)13-6-7-14(20)15(16(13)21)17(24)11-4-3-5-12-10(11)8-9-23-18(12)25/h3-9H,22H2,1-2H3,(H,23,25). The zero-order chi connectivity index (χ0) is 18.4. The first kappa shape index (κ1) is 17.0. The molecule has 0 aliphatic rings. The lowest BCUT2D eigenvalue weighted by Crippen LogP contribution is -2.31. The molecule has 3 N–H and O–H groups in total. The minimum absolute atomic E-state index is 0.0373. The summed E-state index contributed by atoms with van der Waals surface area (Å²) in [5.41, 5.74) is 3.85. The average Bonchev–Trinajstić information content (AvgIpc) is 2.53. The van der Waals surface area contributed by atoms with Gasteiger partial charge in [-0.2, -0.15) is 0 Å². The maximum absolute atomic E-state index is 14.8. The Morgan fingerprint density at radius 2 is 1.80 bits per heavy atom. The van der Waals surface area contributed by atoms with Gasteiger partial charge in [-0.25, -0.2) is 8.78 Å². The molecule has 0 aliphatic carbocycles. The van der Waals surface area contributed by atoms with E-state index in [2.05, 4.69) is 4.98 Å². The normalized spacial score (nSPS) is 11.7. The second-order valence-electron chi connectivity index (χ2n) is 6.41. The molecule has 3 rings (SSSR count). The third-order valence-electron chi connectivity index (χ3n) is 4.07. The molecule has 0 unspecified atom stereocenters.